The average molecular weight is 275 g/mol. The van der Waals surface area contributed by atoms with Crippen LogP contribution in [0.4, 0.5) is 0 Å². The lowest BCUT2D eigenvalue weighted by Crippen LogP contribution is -2.52. The highest BCUT2D eigenvalue weighted by molar-refractivity contribution is 5.37. The SMILES string of the molecule is COc1ccccc1C1CC(NCC2(OC)CCC2)C1. The predicted molar refractivity (Wildman–Crippen MR) is 80.4 cm³/mol. The lowest BCUT2D eigenvalue weighted by molar-refractivity contribution is -0.0724. The van der Waals surface area contributed by atoms with Crippen LogP contribution in [0.1, 0.15) is 43.6 Å². The van der Waals surface area contributed by atoms with Crippen molar-refractivity contribution in [3.63, 3.8) is 0 Å². The van der Waals surface area contributed by atoms with Crippen molar-refractivity contribution >= 4 is 0 Å². The maximum atomic E-state index is 5.66. The van der Waals surface area contributed by atoms with E-state index >= 15 is 0 Å². The van der Waals surface area contributed by atoms with Crippen LogP contribution in [-0.4, -0.2) is 32.4 Å². The van der Waals surface area contributed by atoms with Gasteiger partial charge in [-0.15, -0.1) is 0 Å². The number of nitrogens with one attached hydrogen (secondary N) is 1. The maximum absolute atomic E-state index is 5.66. The summed E-state index contributed by atoms with van der Waals surface area (Å²) < 4.78 is 11.1. The number of methoxy groups -OCH3 is 2. The number of benzene rings is 1. The summed E-state index contributed by atoms with van der Waals surface area (Å²) in [4.78, 5) is 0. The molecule has 3 nitrogen and oxygen atoms in total. The van der Waals surface area contributed by atoms with Gasteiger partial charge in [0.15, 0.2) is 0 Å². The molecule has 2 aliphatic carbocycles. The summed E-state index contributed by atoms with van der Waals surface area (Å²) in [6.45, 7) is 1.01. The zero-order valence-electron chi connectivity index (χ0n) is 12.5. The monoisotopic (exact) mass is 275 g/mol. The van der Waals surface area contributed by atoms with Crippen LogP contribution in [0, 0.1) is 0 Å². The van der Waals surface area contributed by atoms with Crippen LogP contribution in [0.3, 0.4) is 0 Å². The lowest BCUT2D eigenvalue weighted by atomic mass is 9.74. The Labute approximate surface area is 121 Å². The molecule has 0 aliphatic heterocycles. The maximum Gasteiger partial charge on any atom is 0.122 e. The number of para-hydroxylation sites is 1. The van der Waals surface area contributed by atoms with Crippen molar-refractivity contribution in [2.45, 2.75) is 49.7 Å². The van der Waals surface area contributed by atoms with Crippen LogP contribution in [0.25, 0.3) is 0 Å². The van der Waals surface area contributed by atoms with E-state index in [0.29, 0.717) is 12.0 Å². The minimum Gasteiger partial charge on any atom is -0.496 e. The first-order chi connectivity index (χ1) is 9.76. The van der Waals surface area contributed by atoms with E-state index in [1.54, 1.807) is 7.11 Å². The number of hydrogen-bond acceptors (Lipinski definition) is 3. The summed E-state index contributed by atoms with van der Waals surface area (Å²) in [5.74, 6) is 1.67. The molecule has 2 fully saturated rings. The van der Waals surface area contributed by atoms with E-state index in [1.807, 2.05) is 13.2 Å². The molecule has 0 unspecified atom stereocenters. The first-order valence-corrected chi connectivity index (χ1v) is 7.68. The molecule has 2 saturated carbocycles. The molecular formula is C17H25NO2. The molecule has 0 spiro atoms. The fourth-order valence-corrected chi connectivity index (χ4v) is 3.40. The van der Waals surface area contributed by atoms with E-state index < -0.39 is 0 Å². The normalized spacial score (nSPS) is 27.5. The second-order valence-electron chi connectivity index (χ2n) is 6.23. The number of hydrogen-bond donors (Lipinski definition) is 1. The van der Waals surface area contributed by atoms with Crippen LogP contribution >= 0.6 is 0 Å². The van der Waals surface area contributed by atoms with E-state index in [0.717, 1.165) is 12.3 Å². The van der Waals surface area contributed by atoms with Gasteiger partial charge in [-0.1, -0.05) is 18.2 Å². The highest BCUT2D eigenvalue weighted by atomic mass is 16.5. The van der Waals surface area contributed by atoms with Gasteiger partial charge in [0.25, 0.3) is 0 Å². The van der Waals surface area contributed by atoms with Gasteiger partial charge in [0.1, 0.15) is 5.75 Å². The molecule has 1 aromatic rings. The summed E-state index contributed by atoms with van der Waals surface area (Å²) in [6, 6.07) is 9.03. The highest BCUT2D eigenvalue weighted by Crippen LogP contribution is 2.41. The van der Waals surface area contributed by atoms with E-state index in [1.165, 1.54) is 37.7 Å². The van der Waals surface area contributed by atoms with Crippen LogP contribution in [0.15, 0.2) is 24.3 Å². The van der Waals surface area contributed by atoms with Gasteiger partial charge in [0.2, 0.25) is 0 Å². The molecule has 1 N–H and O–H groups in total. The van der Waals surface area contributed by atoms with Crippen molar-refractivity contribution < 1.29 is 9.47 Å². The molecule has 3 rings (SSSR count). The summed E-state index contributed by atoms with van der Waals surface area (Å²) >= 11 is 0. The second kappa shape index (κ2) is 5.74. The van der Waals surface area contributed by atoms with E-state index in [9.17, 15) is 0 Å². The molecule has 20 heavy (non-hydrogen) atoms. The summed E-state index contributed by atoms with van der Waals surface area (Å²) in [7, 11) is 3.60. The molecule has 0 amide bonds. The van der Waals surface area contributed by atoms with E-state index in [4.69, 9.17) is 9.47 Å². The molecule has 110 valence electrons. The summed E-state index contributed by atoms with van der Waals surface area (Å²) in [5.41, 5.74) is 1.49. The molecule has 1 aromatic carbocycles. The molecule has 0 bridgehead atoms. The van der Waals surface area contributed by atoms with Crippen molar-refractivity contribution in [1.82, 2.24) is 5.32 Å². The average Bonchev–Trinajstić information content (AvgIpc) is 2.40. The summed E-state index contributed by atoms with van der Waals surface area (Å²) in [6.07, 6.45) is 6.14. The third kappa shape index (κ3) is 2.57. The Morgan fingerprint density at radius 3 is 2.55 bits per heavy atom. The van der Waals surface area contributed by atoms with Gasteiger partial charge in [-0.25, -0.2) is 0 Å². The van der Waals surface area contributed by atoms with Crippen molar-refractivity contribution in [3.05, 3.63) is 29.8 Å². The molecular weight excluding hydrogens is 250 g/mol. The zero-order chi connectivity index (χ0) is 14.0. The molecule has 0 saturated heterocycles. The quantitative estimate of drug-likeness (QED) is 0.865. The lowest BCUT2D eigenvalue weighted by Gasteiger charge is -2.44. The van der Waals surface area contributed by atoms with Crippen LogP contribution in [0.2, 0.25) is 0 Å². The van der Waals surface area contributed by atoms with Crippen LogP contribution < -0.4 is 10.1 Å². The van der Waals surface area contributed by atoms with Gasteiger partial charge in [-0.2, -0.15) is 0 Å². The van der Waals surface area contributed by atoms with Gasteiger partial charge in [0, 0.05) is 19.7 Å². The molecule has 2 aliphatic rings. The molecule has 0 heterocycles. The second-order valence-corrected chi connectivity index (χ2v) is 6.23. The Morgan fingerprint density at radius 2 is 1.95 bits per heavy atom. The van der Waals surface area contributed by atoms with Crippen LogP contribution in [-0.2, 0) is 4.74 Å². The first kappa shape index (κ1) is 13.9. The molecule has 0 radical (unpaired) electrons. The smallest absolute Gasteiger partial charge is 0.122 e. The standard InChI is InChI=1S/C17H25NO2/c1-19-16-7-4-3-6-15(16)13-10-14(11-13)18-12-17(20-2)8-5-9-17/h3-4,6-7,13-14,18H,5,8-12H2,1-2H3. The van der Waals surface area contributed by atoms with Gasteiger partial charge < -0.3 is 14.8 Å². The van der Waals surface area contributed by atoms with E-state index in [2.05, 4.69) is 23.5 Å². The summed E-state index contributed by atoms with van der Waals surface area (Å²) in [5, 5.41) is 3.68. The predicted octanol–water partition coefficient (Wildman–Crippen LogP) is 3.10. The fraction of sp³-hybridized carbons (Fsp3) is 0.647. The molecule has 0 aromatic heterocycles. The third-order valence-corrected chi connectivity index (χ3v) is 5.13. The Kier molecular flexibility index (Phi) is 3.99. The minimum absolute atomic E-state index is 0.134. The number of rotatable bonds is 6. The van der Waals surface area contributed by atoms with Crippen molar-refractivity contribution in [2.75, 3.05) is 20.8 Å². The fourth-order valence-electron chi connectivity index (χ4n) is 3.40. The largest absolute Gasteiger partial charge is 0.496 e. The Hall–Kier alpha value is -1.06. The van der Waals surface area contributed by atoms with Gasteiger partial charge in [0.05, 0.1) is 12.7 Å². The van der Waals surface area contributed by atoms with E-state index in [-0.39, 0.29) is 5.60 Å². The number of ether oxygens (including phenoxy) is 2. The Morgan fingerprint density at radius 1 is 1.20 bits per heavy atom. The van der Waals surface area contributed by atoms with Crippen LogP contribution in [0.5, 0.6) is 5.75 Å². The van der Waals surface area contributed by atoms with Gasteiger partial charge in [-0.05, 0) is 49.7 Å². The molecule has 0 atom stereocenters. The Bertz CT molecular complexity index is 445. The first-order valence-electron chi connectivity index (χ1n) is 7.68. The van der Waals surface area contributed by atoms with Crippen molar-refractivity contribution in [1.29, 1.82) is 0 Å². The van der Waals surface area contributed by atoms with Crippen molar-refractivity contribution in [3.8, 4) is 5.75 Å². The molecule has 3 heteroatoms. The van der Waals surface area contributed by atoms with Gasteiger partial charge in [-0.3, -0.25) is 0 Å². The topological polar surface area (TPSA) is 30.5 Å². The third-order valence-electron chi connectivity index (χ3n) is 5.13. The minimum atomic E-state index is 0.134. The zero-order valence-corrected chi connectivity index (χ0v) is 12.5. The van der Waals surface area contributed by atoms with Gasteiger partial charge >= 0.3 is 0 Å². The van der Waals surface area contributed by atoms with Crippen molar-refractivity contribution in [2.24, 2.45) is 0 Å². The highest BCUT2D eigenvalue weighted by Gasteiger charge is 2.39. The Balaban J connectivity index is 1.49.